The second kappa shape index (κ2) is 24.2. The first-order valence-corrected chi connectivity index (χ1v) is 25.0. The Morgan fingerprint density at radius 3 is 1.08 bits per heavy atom. The molecule has 340 valence electrons. The quantitative estimate of drug-likeness (QED) is 0.0968. The van der Waals surface area contributed by atoms with Crippen LogP contribution >= 0.6 is 0 Å². The van der Waals surface area contributed by atoms with E-state index in [4.69, 9.17) is 0 Å². The van der Waals surface area contributed by atoms with Crippen LogP contribution in [0.4, 0.5) is 11.4 Å². The number of sulfone groups is 2. The van der Waals surface area contributed by atoms with Gasteiger partial charge >= 0.3 is 5.97 Å². The molecule has 10 nitrogen and oxygen atoms in total. The van der Waals surface area contributed by atoms with Crippen LogP contribution in [0.1, 0.15) is 61.1 Å². The molecule has 2 atom stereocenters. The summed E-state index contributed by atoms with van der Waals surface area (Å²) in [5, 5.41) is 5.71. The maximum absolute atomic E-state index is 13.3. The number of hydrogen-bond acceptors (Lipinski definition) is 8. The third-order valence-corrected chi connectivity index (χ3v) is 12.0. The number of nitrogens with one attached hydrogen (secondary N) is 2. The number of para-hydroxylation sites is 2. The number of esters is 1. The largest absolute Gasteiger partial charge is 0.466 e. The summed E-state index contributed by atoms with van der Waals surface area (Å²) >= 11 is 0. The van der Waals surface area contributed by atoms with E-state index < -0.39 is 42.3 Å². The van der Waals surface area contributed by atoms with Gasteiger partial charge in [0.1, 0.15) is 19.7 Å². The third kappa shape index (κ3) is 16.4. The van der Waals surface area contributed by atoms with E-state index in [0.29, 0.717) is 40.2 Å². The van der Waals surface area contributed by atoms with Crippen molar-refractivity contribution in [1.82, 2.24) is 0 Å². The zero-order chi connectivity index (χ0) is 48.2. The minimum Gasteiger partial charge on any atom is -0.466 e. The lowest BCUT2D eigenvalue weighted by molar-refractivity contribution is -0.140. The molecule has 0 saturated heterocycles. The highest BCUT2D eigenvalue weighted by molar-refractivity contribution is 7.91. The number of anilines is 2. The Bertz CT molecular complexity index is 2730. The summed E-state index contributed by atoms with van der Waals surface area (Å²) in [6.45, 7) is 6.95. The van der Waals surface area contributed by atoms with Crippen molar-refractivity contribution in [2.24, 2.45) is 0 Å². The van der Waals surface area contributed by atoms with E-state index in [-0.39, 0.29) is 17.5 Å². The SMILES string of the molecule is CCOC(C)=O.C[C@@](CS(C)(=O)=O)(C(=O)Nc1ccccc1)c1ccccc1C#Cc1ccccc1.C[C@@](CS(C)(=O)=O)(C(=O)Nc1ccccc1)c1ccccc1C#Cc1ccccc1. The molecule has 2 N–H and O–H groups in total. The first kappa shape index (κ1) is 51.4. The highest BCUT2D eigenvalue weighted by Crippen LogP contribution is 2.32. The number of ether oxygens (including phenoxy) is 1. The molecule has 66 heavy (non-hydrogen) atoms. The minimum absolute atomic E-state index is 0.211. The molecule has 0 spiro atoms. The Hall–Kier alpha value is -7.25. The van der Waals surface area contributed by atoms with E-state index in [2.05, 4.69) is 39.1 Å². The fourth-order valence-corrected chi connectivity index (χ4v) is 9.50. The summed E-state index contributed by atoms with van der Waals surface area (Å²) in [6.07, 6.45) is 2.28. The fourth-order valence-electron chi connectivity index (χ4n) is 6.83. The molecule has 0 saturated carbocycles. The average molecular weight is 923 g/mol. The maximum atomic E-state index is 13.3. The van der Waals surface area contributed by atoms with Gasteiger partial charge in [0.2, 0.25) is 11.8 Å². The second-order valence-electron chi connectivity index (χ2n) is 15.7. The molecule has 0 heterocycles. The summed E-state index contributed by atoms with van der Waals surface area (Å²) in [5.41, 5.74) is 2.66. The monoisotopic (exact) mass is 922 g/mol. The number of amides is 2. The lowest BCUT2D eigenvalue weighted by Gasteiger charge is -2.29. The topological polar surface area (TPSA) is 153 Å². The maximum Gasteiger partial charge on any atom is 0.302 e. The molecule has 0 unspecified atom stereocenters. The van der Waals surface area contributed by atoms with Gasteiger partial charge in [0, 0.05) is 53.1 Å². The van der Waals surface area contributed by atoms with Gasteiger partial charge < -0.3 is 15.4 Å². The zero-order valence-electron chi connectivity index (χ0n) is 37.9. The van der Waals surface area contributed by atoms with Crippen molar-refractivity contribution >= 4 is 48.8 Å². The van der Waals surface area contributed by atoms with E-state index in [0.717, 1.165) is 23.6 Å². The Morgan fingerprint density at radius 2 is 0.788 bits per heavy atom. The molecule has 0 aliphatic rings. The highest BCUT2D eigenvalue weighted by Gasteiger charge is 2.41. The third-order valence-electron chi connectivity index (χ3n) is 9.79. The smallest absolute Gasteiger partial charge is 0.302 e. The molecule has 0 aliphatic heterocycles. The molecular formula is C54H54N2O8S2. The van der Waals surface area contributed by atoms with Crippen LogP contribution < -0.4 is 10.6 Å². The van der Waals surface area contributed by atoms with E-state index in [9.17, 15) is 31.2 Å². The summed E-state index contributed by atoms with van der Waals surface area (Å²) < 4.78 is 53.4. The number of carbonyl (C=O) groups is 3. The number of carbonyl (C=O) groups excluding carboxylic acids is 3. The van der Waals surface area contributed by atoms with Gasteiger partial charge in [-0.05, 0) is 92.6 Å². The first-order valence-electron chi connectivity index (χ1n) is 20.9. The van der Waals surface area contributed by atoms with Crippen LogP contribution in [-0.4, -0.2) is 65.2 Å². The van der Waals surface area contributed by atoms with Gasteiger partial charge in [-0.1, -0.05) is 133 Å². The molecule has 2 amide bonds. The normalized spacial score (nSPS) is 12.4. The standard InChI is InChI=1S/2C25H23NO3S.C4H8O2/c2*1-25(19-30(2,28)29,24(27)26-22-14-7-4-8-15-22)23-16-10-9-13-21(23)18-17-20-11-5-3-6-12-20;1-3-6-4(2)5/h2*3-16H,19H2,1-2H3,(H,26,27);3H2,1-2H3/t2*25-;/m00./s1. The van der Waals surface area contributed by atoms with Crippen LogP contribution in [0.3, 0.4) is 0 Å². The lowest BCUT2D eigenvalue weighted by atomic mass is 9.80. The first-order chi connectivity index (χ1) is 31.3. The Kier molecular flexibility index (Phi) is 18.8. The minimum atomic E-state index is -3.46. The Balaban J connectivity index is 0.000000257. The van der Waals surface area contributed by atoms with Crippen LogP contribution in [0.5, 0.6) is 0 Å². The molecule has 0 aromatic heterocycles. The molecule has 12 heteroatoms. The lowest BCUT2D eigenvalue weighted by Crippen LogP contribution is -2.43. The van der Waals surface area contributed by atoms with Gasteiger partial charge in [-0.3, -0.25) is 14.4 Å². The van der Waals surface area contributed by atoms with Crippen molar-refractivity contribution < 1.29 is 36.0 Å². The van der Waals surface area contributed by atoms with E-state index in [1.54, 1.807) is 69.3 Å². The molecule has 0 aliphatic carbocycles. The molecular weight excluding hydrogens is 869 g/mol. The molecule has 6 aromatic carbocycles. The number of hydrogen-bond donors (Lipinski definition) is 2. The molecule has 6 aromatic rings. The van der Waals surface area contributed by atoms with Gasteiger partial charge in [-0.2, -0.15) is 0 Å². The van der Waals surface area contributed by atoms with Crippen LogP contribution in [0.25, 0.3) is 0 Å². The van der Waals surface area contributed by atoms with Crippen LogP contribution in [-0.2, 0) is 49.6 Å². The molecule has 6 rings (SSSR count). The van der Waals surface area contributed by atoms with E-state index in [1.807, 2.05) is 121 Å². The van der Waals surface area contributed by atoms with Gasteiger partial charge in [0.25, 0.3) is 0 Å². The average Bonchev–Trinajstić information content (AvgIpc) is 3.28. The van der Waals surface area contributed by atoms with Crippen molar-refractivity contribution in [3.8, 4) is 23.7 Å². The van der Waals surface area contributed by atoms with Crippen LogP contribution in [0.15, 0.2) is 170 Å². The Morgan fingerprint density at radius 1 is 0.485 bits per heavy atom. The number of rotatable bonds is 11. The van der Waals surface area contributed by atoms with Crippen molar-refractivity contribution in [3.63, 3.8) is 0 Å². The van der Waals surface area contributed by atoms with E-state index >= 15 is 0 Å². The van der Waals surface area contributed by atoms with Gasteiger partial charge in [-0.15, -0.1) is 0 Å². The Labute approximate surface area is 389 Å². The summed E-state index contributed by atoms with van der Waals surface area (Å²) in [5.74, 6) is 10.8. The fraction of sp³-hybridized carbons (Fsp3) is 0.204. The van der Waals surface area contributed by atoms with Gasteiger partial charge in [-0.25, -0.2) is 16.8 Å². The number of benzene rings is 6. The van der Waals surface area contributed by atoms with E-state index in [1.165, 1.54) is 6.92 Å². The van der Waals surface area contributed by atoms with Crippen molar-refractivity contribution in [2.75, 3.05) is 41.3 Å². The summed E-state index contributed by atoms with van der Waals surface area (Å²) in [7, 11) is -6.92. The van der Waals surface area contributed by atoms with Crippen molar-refractivity contribution in [2.45, 2.75) is 38.5 Å². The predicted octanol–water partition coefficient (Wildman–Crippen LogP) is 8.62. The van der Waals surface area contributed by atoms with Crippen molar-refractivity contribution in [3.05, 3.63) is 203 Å². The summed E-state index contributed by atoms with van der Waals surface area (Å²) in [4.78, 5) is 36.5. The molecule has 0 radical (unpaired) electrons. The predicted molar refractivity (Wildman–Crippen MR) is 264 cm³/mol. The van der Waals surface area contributed by atoms with Crippen molar-refractivity contribution in [1.29, 1.82) is 0 Å². The van der Waals surface area contributed by atoms with Gasteiger partial charge in [0.05, 0.1) is 28.9 Å². The molecule has 0 bridgehead atoms. The van der Waals surface area contributed by atoms with Crippen LogP contribution in [0.2, 0.25) is 0 Å². The molecule has 0 fully saturated rings. The zero-order valence-corrected chi connectivity index (χ0v) is 39.5. The van der Waals surface area contributed by atoms with Crippen LogP contribution in [0, 0.1) is 23.7 Å². The summed E-state index contributed by atoms with van der Waals surface area (Å²) in [6, 6.07) is 51.4. The second-order valence-corrected chi connectivity index (χ2v) is 20.0. The van der Waals surface area contributed by atoms with Gasteiger partial charge in [0.15, 0.2) is 0 Å². The highest BCUT2D eigenvalue weighted by atomic mass is 32.2.